The van der Waals surface area contributed by atoms with E-state index in [2.05, 4.69) is 15.0 Å². The number of hydrogen-bond donors (Lipinski definition) is 0. The van der Waals surface area contributed by atoms with Crippen LogP contribution < -0.4 is 0 Å². The molecule has 0 amide bonds. The van der Waals surface area contributed by atoms with Crippen LogP contribution in [-0.2, 0) is 0 Å². The Hall–Kier alpha value is -1.62. The molecule has 0 saturated heterocycles. The Morgan fingerprint density at radius 2 is 2.00 bits per heavy atom. The van der Waals surface area contributed by atoms with E-state index >= 15 is 0 Å². The summed E-state index contributed by atoms with van der Waals surface area (Å²) in [4.78, 5) is 24.0. The van der Waals surface area contributed by atoms with Gasteiger partial charge >= 0.3 is 0 Å². The van der Waals surface area contributed by atoms with Crippen LogP contribution in [0.2, 0.25) is 0 Å². The number of Topliss-reactive ketones (excluding diaryl/α,β-unsaturated/α-hetero) is 1. The molecule has 14 heavy (non-hydrogen) atoms. The Morgan fingerprint density at radius 1 is 1.29 bits per heavy atom. The standard InChI is InChI=1S/C9H7N3OS/c1-6(13)8-7(12-5-14-8)9-10-3-2-4-11-9/h2-5H,1H3. The summed E-state index contributed by atoms with van der Waals surface area (Å²) >= 11 is 1.31. The highest BCUT2D eigenvalue weighted by Crippen LogP contribution is 2.21. The first-order valence-electron chi connectivity index (χ1n) is 4.01. The maximum atomic E-state index is 11.2. The molecular weight excluding hydrogens is 198 g/mol. The second-order valence-corrected chi connectivity index (χ2v) is 3.51. The second-order valence-electron chi connectivity index (χ2n) is 2.66. The summed E-state index contributed by atoms with van der Waals surface area (Å²) in [6, 6.07) is 1.73. The van der Waals surface area contributed by atoms with Crippen LogP contribution >= 0.6 is 11.3 Å². The summed E-state index contributed by atoms with van der Waals surface area (Å²) < 4.78 is 0. The van der Waals surface area contributed by atoms with E-state index in [1.807, 2.05) is 0 Å². The molecule has 0 aliphatic rings. The smallest absolute Gasteiger partial charge is 0.179 e. The molecule has 2 rings (SSSR count). The van der Waals surface area contributed by atoms with Crippen molar-refractivity contribution in [2.75, 3.05) is 0 Å². The number of carbonyl (C=O) groups excluding carboxylic acids is 1. The predicted molar refractivity (Wildman–Crippen MR) is 53.1 cm³/mol. The van der Waals surface area contributed by atoms with E-state index < -0.39 is 0 Å². The summed E-state index contributed by atoms with van der Waals surface area (Å²) in [7, 11) is 0. The minimum absolute atomic E-state index is 0.00467. The van der Waals surface area contributed by atoms with Crippen LogP contribution in [0.3, 0.4) is 0 Å². The Labute approximate surface area is 84.7 Å². The van der Waals surface area contributed by atoms with Crippen molar-refractivity contribution in [3.05, 3.63) is 28.8 Å². The van der Waals surface area contributed by atoms with Crippen molar-refractivity contribution in [1.29, 1.82) is 0 Å². The molecule has 0 spiro atoms. The quantitative estimate of drug-likeness (QED) is 0.701. The summed E-state index contributed by atoms with van der Waals surface area (Å²) in [5.41, 5.74) is 2.20. The molecule has 0 bridgehead atoms. The van der Waals surface area contributed by atoms with E-state index in [1.165, 1.54) is 18.3 Å². The lowest BCUT2D eigenvalue weighted by Crippen LogP contribution is -1.95. The summed E-state index contributed by atoms with van der Waals surface area (Å²) in [5.74, 6) is 0.494. The lowest BCUT2D eigenvalue weighted by Gasteiger charge is -1.95. The number of hydrogen-bond acceptors (Lipinski definition) is 5. The van der Waals surface area contributed by atoms with Crippen LogP contribution in [-0.4, -0.2) is 20.7 Å². The SMILES string of the molecule is CC(=O)c1scnc1-c1ncccn1. The van der Waals surface area contributed by atoms with Crippen LogP contribution in [0.1, 0.15) is 16.6 Å². The van der Waals surface area contributed by atoms with Gasteiger partial charge in [0.05, 0.1) is 5.51 Å². The summed E-state index contributed by atoms with van der Waals surface area (Å²) in [6.07, 6.45) is 3.26. The molecule has 0 aliphatic carbocycles. The van der Waals surface area contributed by atoms with E-state index in [9.17, 15) is 4.79 Å². The summed E-state index contributed by atoms with van der Waals surface area (Å²) in [5, 5.41) is 0. The highest BCUT2D eigenvalue weighted by Gasteiger charge is 2.13. The third-order valence-corrected chi connectivity index (χ3v) is 2.59. The van der Waals surface area contributed by atoms with E-state index in [-0.39, 0.29) is 5.78 Å². The molecule has 0 N–H and O–H groups in total. The van der Waals surface area contributed by atoms with E-state index in [0.717, 1.165) is 0 Å². The molecule has 2 heterocycles. The molecule has 0 saturated carbocycles. The van der Waals surface area contributed by atoms with Crippen molar-refractivity contribution in [2.45, 2.75) is 6.92 Å². The van der Waals surface area contributed by atoms with Gasteiger partial charge in [-0.25, -0.2) is 15.0 Å². The van der Waals surface area contributed by atoms with Gasteiger partial charge in [0.25, 0.3) is 0 Å². The zero-order chi connectivity index (χ0) is 9.97. The largest absolute Gasteiger partial charge is 0.294 e. The number of rotatable bonds is 2. The fraction of sp³-hybridized carbons (Fsp3) is 0.111. The average molecular weight is 205 g/mol. The van der Waals surface area contributed by atoms with Crippen molar-refractivity contribution in [3.63, 3.8) is 0 Å². The van der Waals surface area contributed by atoms with Gasteiger partial charge in [-0.2, -0.15) is 0 Å². The highest BCUT2D eigenvalue weighted by molar-refractivity contribution is 7.12. The van der Waals surface area contributed by atoms with E-state index in [4.69, 9.17) is 0 Å². The molecule has 2 aromatic heterocycles. The molecule has 70 valence electrons. The first-order chi connectivity index (χ1) is 6.79. The lowest BCUT2D eigenvalue weighted by atomic mass is 10.3. The van der Waals surface area contributed by atoms with Gasteiger partial charge in [-0.3, -0.25) is 4.79 Å². The molecule has 2 aromatic rings. The predicted octanol–water partition coefficient (Wildman–Crippen LogP) is 1.80. The highest BCUT2D eigenvalue weighted by atomic mass is 32.1. The normalized spacial score (nSPS) is 10.1. The topological polar surface area (TPSA) is 55.7 Å². The van der Waals surface area contributed by atoms with Gasteiger partial charge in [-0.05, 0) is 6.07 Å². The van der Waals surface area contributed by atoms with Gasteiger partial charge in [0.1, 0.15) is 10.6 Å². The molecule has 0 aromatic carbocycles. The number of thiazole rings is 1. The van der Waals surface area contributed by atoms with E-state index in [0.29, 0.717) is 16.4 Å². The van der Waals surface area contributed by atoms with Crippen LogP contribution in [0.25, 0.3) is 11.5 Å². The Kier molecular flexibility index (Phi) is 2.32. The summed E-state index contributed by atoms with van der Waals surface area (Å²) in [6.45, 7) is 1.51. The number of carbonyl (C=O) groups is 1. The molecule has 0 unspecified atom stereocenters. The van der Waals surface area contributed by atoms with Crippen molar-refractivity contribution in [2.24, 2.45) is 0 Å². The lowest BCUT2D eigenvalue weighted by molar-refractivity contribution is 0.102. The first kappa shape index (κ1) is 8.96. The fourth-order valence-corrected chi connectivity index (χ4v) is 1.76. The molecule has 0 radical (unpaired) electrons. The number of ketones is 1. The minimum Gasteiger partial charge on any atom is -0.294 e. The first-order valence-corrected chi connectivity index (χ1v) is 4.89. The number of aromatic nitrogens is 3. The molecule has 4 nitrogen and oxygen atoms in total. The van der Waals surface area contributed by atoms with Crippen LogP contribution in [0.15, 0.2) is 24.0 Å². The van der Waals surface area contributed by atoms with Gasteiger partial charge in [0.15, 0.2) is 11.6 Å². The molecule has 0 fully saturated rings. The Bertz CT molecular complexity index is 452. The number of nitrogens with zero attached hydrogens (tertiary/aromatic N) is 3. The van der Waals surface area contributed by atoms with Crippen molar-refractivity contribution < 1.29 is 4.79 Å². The van der Waals surface area contributed by atoms with Crippen molar-refractivity contribution in [3.8, 4) is 11.5 Å². The Balaban J connectivity index is 2.52. The van der Waals surface area contributed by atoms with E-state index in [1.54, 1.807) is 24.0 Å². The van der Waals surface area contributed by atoms with Gasteiger partial charge in [0, 0.05) is 19.3 Å². The third-order valence-electron chi connectivity index (χ3n) is 1.66. The maximum absolute atomic E-state index is 11.2. The Morgan fingerprint density at radius 3 is 2.64 bits per heavy atom. The monoisotopic (exact) mass is 205 g/mol. The van der Waals surface area contributed by atoms with Crippen molar-refractivity contribution in [1.82, 2.24) is 15.0 Å². The average Bonchev–Trinajstić information content (AvgIpc) is 2.67. The minimum atomic E-state index is -0.00467. The zero-order valence-electron chi connectivity index (χ0n) is 7.47. The fourth-order valence-electron chi connectivity index (χ4n) is 1.08. The molecular formula is C9H7N3OS. The van der Waals surface area contributed by atoms with Gasteiger partial charge in [-0.15, -0.1) is 11.3 Å². The van der Waals surface area contributed by atoms with Crippen LogP contribution in [0.4, 0.5) is 0 Å². The molecule has 0 aliphatic heterocycles. The van der Waals surface area contributed by atoms with Gasteiger partial charge in [-0.1, -0.05) is 0 Å². The molecule has 5 heteroatoms. The second kappa shape index (κ2) is 3.63. The van der Waals surface area contributed by atoms with Crippen LogP contribution in [0.5, 0.6) is 0 Å². The maximum Gasteiger partial charge on any atom is 0.179 e. The van der Waals surface area contributed by atoms with Crippen LogP contribution in [0, 0.1) is 0 Å². The van der Waals surface area contributed by atoms with Crippen molar-refractivity contribution >= 4 is 17.1 Å². The molecule has 0 atom stereocenters. The zero-order valence-corrected chi connectivity index (χ0v) is 8.28. The van der Waals surface area contributed by atoms with Gasteiger partial charge in [0.2, 0.25) is 0 Å². The third kappa shape index (κ3) is 1.54. The van der Waals surface area contributed by atoms with Gasteiger partial charge < -0.3 is 0 Å².